The van der Waals surface area contributed by atoms with E-state index in [9.17, 15) is 9.59 Å². The van der Waals surface area contributed by atoms with Crippen LogP contribution >= 0.6 is 11.3 Å². The minimum Gasteiger partial charge on any atom is -0.477 e. The van der Waals surface area contributed by atoms with Crippen LogP contribution in [0.2, 0.25) is 0 Å². The van der Waals surface area contributed by atoms with Crippen LogP contribution in [0.1, 0.15) is 45.1 Å². The van der Waals surface area contributed by atoms with Crippen molar-refractivity contribution in [3.63, 3.8) is 0 Å². The highest BCUT2D eigenvalue weighted by atomic mass is 32.1. The van der Waals surface area contributed by atoms with E-state index in [0.29, 0.717) is 4.88 Å². The molecule has 2 N–H and O–H groups in total. The van der Waals surface area contributed by atoms with E-state index in [-0.39, 0.29) is 16.8 Å². The molecule has 0 aliphatic heterocycles. The maximum absolute atomic E-state index is 12.3. The van der Waals surface area contributed by atoms with E-state index in [0.717, 1.165) is 34.7 Å². The average molecular weight is 343 g/mol. The van der Waals surface area contributed by atoms with Crippen LogP contribution in [0.5, 0.6) is 0 Å². The quantitative estimate of drug-likeness (QED) is 0.744. The largest absolute Gasteiger partial charge is 0.477 e. The number of hydrogen-bond donors (Lipinski definition) is 2. The first kappa shape index (κ1) is 16.2. The molecule has 2 heterocycles. The number of aromatic nitrogens is 2. The molecule has 0 fully saturated rings. The van der Waals surface area contributed by atoms with Gasteiger partial charge in [-0.15, -0.1) is 11.3 Å². The third-order valence-electron chi connectivity index (χ3n) is 3.78. The summed E-state index contributed by atoms with van der Waals surface area (Å²) in [5, 5.41) is 11.8. The number of amides is 1. The number of benzene rings is 1. The minimum absolute atomic E-state index is 0.147. The molecule has 3 aromatic rings. The highest BCUT2D eigenvalue weighted by molar-refractivity contribution is 7.15. The molecule has 1 amide bonds. The van der Waals surface area contributed by atoms with Crippen LogP contribution in [0.25, 0.3) is 11.0 Å². The molecular weight excluding hydrogens is 326 g/mol. The number of carboxylic acids is 1. The van der Waals surface area contributed by atoms with E-state index in [1.807, 2.05) is 38.1 Å². The van der Waals surface area contributed by atoms with Gasteiger partial charge in [-0.3, -0.25) is 4.79 Å². The Morgan fingerprint density at radius 1 is 1.25 bits per heavy atom. The van der Waals surface area contributed by atoms with Crippen molar-refractivity contribution in [3.8, 4) is 0 Å². The third kappa shape index (κ3) is 2.90. The molecule has 0 saturated carbocycles. The number of para-hydroxylation sites is 2. The van der Waals surface area contributed by atoms with Gasteiger partial charge in [0, 0.05) is 6.54 Å². The predicted molar refractivity (Wildman–Crippen MR) is 92.6 cm³/mol. The number of carbonyl (C=O) groups excluding carboxylic acids is 1. The first-order valence-corrected chi connectivity index (χ1v) is 8.42. The molecule has 0 saturated heterocycles. The lowest BCUT2D eigenvalue weighted by molar-refractivity contribution is 0.0702. The molecule has 2 aromatic heterocycles. The number of fused-ring (bicyclic) bond motifs is 1. The first-order chi connectivity index (χ1) is 11.5. The van der Waals surface area contributed by atoms with Gasteiger partial charge in [0.15, 0.2) is 0 Å². The lowest BCUT2D eigenvalue weighted by atomic mass is 10.3. The normalized spacial score (nSPS) is 12.2. The minimum atomic E-state index is -1.03. The number of carbonyl (C=O) groups is 2. The molecule has 1 aromatic carbocycles. The number of thiophene rings is 1. The second-order valence-electron chi connectivity index (χ2n) is 5.37. The van der Waals surface area contributed by atoms with Crippen molar-refractivity contribution < 1.29 is 14.7 Å². The molecule has 124 valence electrons. The van der Waals surface area contributed by atoms with Gasteiger partial charge < -0.3 is 15.0 Å². The number of imidazole rings is 1. The van der Waals surface area contributed by atoms with Crippen LogP contribution in [0.3, 0.4) is 0 Å². The standard InChI is InChI=1S/C17H17N3O3S/c1-3-20-12-7-5-4-6-11(12)19-15(20)10(2)18-16(21)13-8-9-14(24-13)17(22)23/h4-10H,3H2,1-2H3,(H,18,21)(H,22,23)/t10-/m1/s1. The molecule has 6 nitrogen and oxygen atoms in total. The smallest absolute Gasteiger partial charge is 0.345 e. The van der Waals surface area contributed by atoms with Crippen LogP contribution in [0.15, 0.2) is 36.4 Å². The van der Waals surface area contributed by atoms with Gasteiger partial charge in [0.1, 0.15) is 10.7 Å². The summed E-state index contributed by atoms with van der Waals surface area (Å²) in [5.74, 6) is -0.545. The number of carboxylic acid groups (broad SMARTS) is 1. The van der Waals surface area contributed by atoms with E-state index in [1.165, 1.54) is 12.1 Å². The van der Waals surface area contributed by atoms with Gasteiger partial charge in [-0.05, 0) is 38.1 Å². The summed E-state index contributed by atoms with van der Waals surface area (Å²) in [5.41, 5.74) is 1.92. The van der Waals surface area contributed by atoms with Gasteiger partial charge in [-0.1, -0.05) is 12.1 Å². The Kier molecular flexibility index (Phi) is 4.35. The lowest BCUT2D eigenvalue weighted by Gasteiger charge is -2.14. The summed E-state index contributed by atoms with van der Waals surface area (Å²) in [6.45, 7) is 4.65. The summed E-state index contributed by atoms with van der Waals surface area (Å²) >= 11 is 0.962. The van der Waals surface area contributed by atoms with Crippen LogP contribution in [-0.2, 0) is 6.54 Å². The van der Waals surface area contributed by atoms with E-state index in [1.54, 1.807) is 0 Å². The fraction of sp³-hybridized carbons (Fsp3) is 0.235. The van der Waals surface area contributed by atoms with Crippen molar-refractivity contribution in [1.29, 1.82) is 0 Å². The van der Waals surface area contributed by atoms with E-state index >= 15 is 0 Å². The van der Waals surface area contributed by atoms with Crippen molar-refractivity contribution in [1.82, 2.24) is 14.9 Å². The van der Waals surface area contributed by atoms with Gasteiger partial charge in [0.25, 0.3) is 5.91 Å². The van der Waals surface area contributed by atoms with E-state index in [4.69, 9.17) is 5.11 Å². The number of nitrogens with one attached hydrogen (secondary N) is 1. The Labute approximate surface area is 142 Å². The zero-order valence-electron chi connectivity index (χ0n) is 13.3. The van der Waals surface area contributed by atoms with Crippen molar-refractivity contribution >= 4 is 34.2 Å². The SMILES string of the molecule is CCn1c([C@@H](C)NC(=O)c2ccc(C(=O)O)s2)nc2ccccc21. The number of rotatable bonds is 5. The topological polar surface area (TPSA) is 84.2 Å². The van der Waals surface area contributed by atoms with Crippen molar-refractivity contribution in [2.24, 2.45) is 0 Å². The Bertz CT molecular complexity index is 913. The number of aromatic carboxylic acids is 1. The fourth-order valence-corrected chi connectivity index (χ4v) is 3.41. The molecule has 0 unspecified atom stereocenters. The molecule has 24 heavy (non-hydrogen) atoms. The molecule has 0 aliphatic rings. The number of nitrogens with zero attached hydrogens (tertiary/aromatic N) is 2. The maximum Gasteiger partial charge on any atom is 0.345 e. The van der Waals surface area contributed by atoms with Crippen molar-refractivity contribution in [2.45, 2.75) is 26.4 Å². The summed E-state index contributed by atoms with van der Waals surface area (Å²) < 4.78 is 2.07. The van der Waals surface area contributed by atoms with Crippen LogP contribution < -0.4 is 5.32 Å². The highest BCUT2D eigenvalue weighted by Crippen LogP contribution is 2.22. The Morgan fingerprint density at radius 2 is 1.96 bits per heavy atom. The highest BCUT2D eigenvalue weighted by Gasteiger charge is 2.20. The Morgan fingerprint density at radius 3 is 2.62 bits per heavy atom. The summed E-state index contributed by atoms with van der Waals surface area (Å²) in [6, 6.07) is 10.5. The van der Waals surface area contributed by atoms with Gasteiger partial charge >= 0.3 is 5.97 Å². The van der Waals surface area contributed by atoms with Gasteiger partial charge in [0.2, 0.25) is 0 Å². The average Bonchev–Trinajstić information content (AvgIpc) is 3.19. The number of aryl methyl sites for hydroxylation is 1. The monoisotopic (exact) mass is 343 g/mol. The van der Waals surface area contributed by atoms with Crippen LogP contribution in [0, 0.1) is 0 Å². The molecule has 1 atom stereocenters. The predicted octanol–water partition coefficient (Wildman–Crippen LogP) is 3.31. The fourth-order valence-electron chi connectivity index (χ4n) is 2.66. The second kappa shape index (κ2) is 6.45. The van der Waals surface area contributed by atoms with Gasteiger partial charge in [0.05, 0.1) is 22.0 Å². The molecule has 3 rings (SSSR count). The van der Waals surface area contributed by atoms with Crippen molar-refractivity contribution in [2.75, 3.05) is 0 Å². The second-order valence-corrected chi connectivity index (χ2v) is 6.45. The Balaban J connectivity index is 1.85. The molecule has 0 bridgehead atoms. The first-order valence-electron chi connectivity index (χ1n) is 7.60. The summed E-state index contributed by atoms with van der Waals surface area (Å²) in [6.07, 6.45) is 0. The summed E-state index contributed by atoms with van der Waals surface area (Å²) in [4.78, 5) is 28.4. The molecule has 0 aliphatic carbocycles. The van der Waals surface area contributed by atoms with Gasteiger partial charge in [-0.2, -0.15) is 0 Å². The molecule has 7 heteroatoms. The van der Waals surface area contributed by atoms with Crippen molar-refractivity contribution in [3.05, 3.63) is 52.0 Å². The van der Waals surface area contributed by atoms with Crippen LogP contribution in [0.4, 0.5) is 0 Å². The maximum atomic E-state index is 12.3. The van der Waals surface area contributed by atoms with E-state index in [2.05, 4.69) is 14.9 Å². The summed E-state index contributed by atoms with van der Waals surface area (Å²) in [7, 11) is 0. The molecule has 0 spiro atoms. The zero-order chi connectivity index (χ0) is 17.3. The van der Waals surface area contributed by atoms with Gasteiger partial charge in [-0.25, -0.2) is 9.78 Å². The zero-order valence-corrected chi connectivity index (χ0v) is 14.1. The number of hydrogen-bond acceptors (Lipinski definition) is 4. The van der Waals surface area contributed by atoms with E-state index < -0.39 is 5.97 Å². The van der Waals surface area contributed by atoms with Crippen LogP contribution in [-0.4, -0.2) is 26.5 Å². The lowest BCUT2D eigenvalue weighted by Crippen LogP contribution is -2.28. The molecular formula is C17H17N3O3S. The Hall–Kier alpha value is -2.67. The third-order valence-corrected chi connectivity index (χ3v) is 4.85. The molecule has 0 radical (unpaired) electrons.